The van der Waals surface area contributed by atoms with Crippen LogP contribution in [0.25, 0.3) is 0 Å². The van der Waals surface area contributed by atoms with Crippen LogP contribution in [0.3, 0.4) is 0 Å². The minimum absolute atomic E-state index is 0.102. The second-order valence-corrected chi connectivity index (χ2v) is 9.89. The van der Waals surface area contributed by atoms with Crippen LogP contribution in [0.2, 0.25) is 0 Å². The van der Waals surface area contributed by atoms with Gasteiger partial charge in [0.05, 0.1) is 12.3 Å². The predicted molar refractivity (Wildman–Crippen MR) is 98.0 cm³/mol. The van der Waals surface area contributed by atoms with Crippen molar-refractivity contribution >= 4 is 16.1 Å². The first-order valence-electron chi connectivity index (χ1n) is 9.36. The number of carbonyl (C=O) groups is 1. The van der Waals surface area contributed by atoms with Gasteiger partial charge in [0, 0.05) is 45.1 Å². The molecule has 2 fully saturated rings. The average molecular weight is 376 g/mol. The van der Waals surface area contributed by atoms with Crippen molar-refractivity contribution in [1.29, 1.82) is 0 Å². The summed E-state index contributed by atoms with van der Waals surface area (Å²) in [6.07, 6.45) is 2.42. The summed E-state index contributed by atoms with van der Waals surface area (Å²) >= 11 is 0. The quantitative estimate of drug-likeness (QED) is 0.698. The van der Waals surface area contributed by atoms with Gasteiger partial charge in [0.25, 0.3) is 0 Å². The molecule has 8 heteroatoms. The Morgan fingerprint density at radius 2 is 1.88 bits per heavy atom. The topological polar surface area (TPSA) is 79.0 Å². The van der Waals surface area contributed by atoms with Crippen LogP contribution in [0.15, 0.2) is 0 Å². The molecule has 2 rings (SSSR count). The fraction of sp³-hybridized carbons (Fsp3) is 0.941. The van der Waals surface area contributed by atoms with Gasteiger partial charge in [-0.15, -0.1) is 0 Å². The number of amides is 1. The van der Waals surface area contributed by atoms with Gasteiger partial charge < -0.3 is 9.64 Å². The predicted octanol–water partition coefficient (Wildman–Crippen LogP) is 1.65. The molecule has 0 aliphatic carbocycles. The number of likely N-dealkylation sites (tertiary alicyclic amines) is 1. The zero-order valence-corrected chi connectivity index (χ0v) is 16.8. The molecule has 2 aliphatic rings. The summed E-state index contributed by atoms with van der Waals surface area (Å²) in [4.78, 5) is 16.2. The molecule has 0 saturated carbocycles. The minimum atomic E-state index is -3.16. The number of rotatable bonds is 8. The summed E-state index contributed by atoms with van der Waals surface area (Å²) in [7, 11) is -3.16. The molecule has 0 bridgehead atoms. The largest absolute Gasteiger partial charge is 0.441 e. The highest BCUT2D eigenvalue weighted by molar-refractivity contribution is 7.89. The number of carbonyl (C=O) groups excluding carboxylic acids is 1. The molecule has 1 amide bonds. The van der Waals surface area contributed by atoms with Crippen molar-refractivity contribution in [3.8, 4) is 0 Å². The number of piperidine rings is 1. The van der Waals surface area contributed by atoms with Gasteiger partial charge in [-0.05, 0) is 26.2 Å². The molecule has 146 valence electrons. The molecule has 0 aromatic rings. The number of nitrogens with one attached hydrogen (secondary N) is 1. The van der Waals surface area contributed by atoms with Gasteiger partial charge in [0.15, 0.2) is 0 Å². The van der Waals surface area contributed by atoms with Gasteiger partial charge >= 0.3 is 6.09 Å². The van der Waals surface area contributed by atoms with Gasteiger partial charge in [-0.2, -0.15) is 0 Å². The molecule has 2 saturated heterocycles. The molecule has 2 aliphatic heterocycles. The Bertz CT molecular complexity index is 556. The summed E-state index contributed by atoms with van der Waals surface area (Å²) in [6.45, 7) is 11.5. The fourth-order valence-corrected chi connectivity index (χ4v) is 4.09. The smallest absolute Gasteiger partial charge is 0.410 e. The van der Waals surface area contributed by atoms with E-state index in [1.165, 1.54) is 0 Å². The molecule has 2 heterocycles. The standard InChI is InChI=1S/C17H33N3O4S/c1-5-25(22,23)18-12-15(4)19-10-7-17(8-11-19)13-20(16(21)24-17)9-6-14(2)3/h14-15,18H,5-13H2,1-4H3. The summed E-state index contributed by atoms with van der Waals surface area (Å²) in [6, 6.07) is 0.132. The second-order valence-electron chi connectivity index (χ2n) is 7.79. The van der Waals surface area contributed by atoms with Crippen LogP contribution in [-0.2, 0) is 14.8 Å². The van der Waals surface area contributed by atoms with E-state index in [0.29, 0.717) is 19.0 Å². The Morgan fingerprint density at radius 1 is 1.24 bits per heavy atom. The molecule has 7 nitrogen and oxygen atoms in total. The maximum Gasteiger partial charge on any atom is 0.410 e. The SMILES string of the molecule is CCS(=O)(=O)NCC(C)N1CCC2(CC1)CN(CCC(C)C)C(=O)O2. The van der Waals surface area contributed by atoms with E-state index in [1.54, 1.807) is 6.92 Å². The molecule has 25 heavy (non-hydrogen) atoms. The first-order valence-corrected chi connectivity index (χ1v) is 11.0. The monoisotopic (exact) mass is 375 g/mol. The summed E-state index contributed by atoms with van der Waals surface area (Å²) < 4.78 is 31.5. The van der Waals surface area contributed by atoms with Gasteiger partial charge in [-0.3, -0.25) is 4.90 Å². The maximum atomic E-state index is 12.1. The third kappa shape index (κ3) is 5.56. The molecule has 1 N–H and O–H groups in total. The van der Waals surface area contributed by atoms with Crippen molar-refractivity contribution in [3.05, 3.63) is 0 Å². The first-order chi connectivity index (χ1) is 11.7. The lowest BCUT2D eigenvalue weighted by Gasteiger charge is -2.40. The molecule has 0 aromatic carbocycles. The first kappa shape index (κ1) is 20.5. The van der Waals surface area contributed by atoms with E-state index < -0.39 is 10.0 Å². The van der Waals surface area contributed by atoms with Crippen molar-refractivity contribution < 1.29 is 17.9 Å². The Kier molecular flexibility index (Phi) is 6.73. The Hall–Kier alpha value is -0.860. The van der Waals surface area contributed by atoms with E-state index in [1.807, 2.05) is 11.8 Å². The summed E-state index contributed by atoms with van der Waals surface area (Å²) in [5, 5.41) is 0. The summed E-state index contributed by atoms with van der Waals surface area (Å²) in [5.41, 5.74) is -0.354. The van der Waals surface area contributed by atoms with Crippen molar-refractivity contribution in [2.24, 2.45) is 5.92 Å². The molecular formula is C17H33N3O4S. The van der Waals surface area contributed by atoms with Crippen LogP contribution in [0, 0.1) is 5.92 Å². The van der Waals surface area contributed by atoms with Crippen LogP contribution >= 0.6 is 0 Å². The maximum absolute atomic E-state index is 12.1. The Balaban J connectivity index is 1.82. The zero-order chi connectivity index (χ0) is 18.7. The second kappa shape index (κ2) is 8.22. The van der Waals surface area contributed by atoms with Crippen LogP contribution in [0.5, 0.6) is 0 Å². The minimum Gasteiger partial charge on any atom is -0.441 e. The number of hydrogen-bond donors (Lipinski definition) is 1. The van der Waals surface area contributed by atoms with Gasteiger partial charge in [0.2, 0.25) is 10.0 Å². The lowest BCUT2D eigenvalue weighted by Crippen LogP contribution is -2.52. The molecule has 1 spiro atoms. The Morgan fingerprint density at radius 3 is 2.44 bits per heavy atom. The molecule has 0 radical (unpaired) electrons. The lowest BCUT2D eigenvalue weighted by molar-refractivity contribution is -0.00765. The number of sulfonamides is 1. The molecule has 1 unspecified atom stereocenters. The van der Waals surface area contributed by atoms with E-state index in [4.69, 9.17) is 4.74 Å². The van der Waals surface area contributed by atoms with E-state index in [0.717, 1.165) is 38.9 Å². The van der Waals surface area contributed by atoms with E-state index >= 15 is 0 Å². The number of ether oxygens (including phenoxy) is 1. The van der Waals surface area contributed by atoms with Crippen molar-refractivity contribution in [1.82, 2.24) is 14.5 Å². The van der Waals surface area contributed by atoms with Crippen LogP contribution < -0.4 is 4.72 Å². The fourth-order valence-electron chi connectivity index (χ4n) is 3.39. The van der Waals surface area contributed by atoms with E-state index in [-0.39, 0.29) is 23.5 Å². The van der Waals surface area contributed by atoms with Crippen LogP contribution in [0.4, 0.5) is 4.79 Å². The Labute approximate surface area is 152 Å². The molecule has 0 aromatic heterocycles. The highest BCUT2D eigenvalue weighted by Crippen LogP contribution is 2.34. The third-order valence-electron chi connectivity index (χ3n) is 5.33. The highest BCUT2D eigenvalue weighted by Gasteiger charge is 2.47. The van der Waals surface area contributed by atoms with Crippen LogP contribution in [-0.4, -0.2) is 74.4 Å². The highest BCUT2D eigenvalue weighted by atomic mass is 32.2. The van der Waals surface area contributed by atoms with E-state index in [2.05, 4.69) is 23.5 Å². The zero-order valence-electron chi connectivity index (χ0n) is 16.0. The average Bonchev–Trinajstić information content (AvgIpc) is 2.87. The third-order valence-corrected chi connectivity index (χ3v) is 6.70. The van der Waals surface area contributed by atoms with Gasteiger partial charge in [0.1, 0.15) is 5.60 Å². The normalized spacial score (nSPS) is 22.6. The van der Waals surface area contributed by atoms with Gasteiger partial charge in [-0.25, -0.2) is 17.9 Å². The molecular weight excluding hydrogens is 342 g/mol. The van der Waals surface area contributed by atoms with E-state index in [9.17, 15) is 13.2 Å². The van der Waals surface area contributed by atoms with Crippen LogP contribution in [0.1, 0.15) is 47.0 Å². The van der Waals surface area contributed by atoms with Crippen molar-refractivity contribution in [2.45, 2.75) is 58.6 Å². The lowest BCUT2D eigenvalue weighted by atomic mass is 9.90. The van der Waals surface area contributed by atoms with Crippen molar-refractivity contribution in [2.75, 3.05) is 38.5 Å². The number of nitrogens with zero attached hydrogens (tertiary/aromatic N) is 2. The van der Waals surface area contributed by atoms with Gasteiger partial charge in [-0.1, -0.05) is 13.8 Å². The molecule has 1 atom stereocenters. The summed E-state index contributed by atoms with van der Waals surface area (Å²) in [5.74, 6) is 0.671. The number of hydrogen-bond acceptors (Lipinski definition) is 5. The van der Waals surface area contributed by atoms with Crippen molar-refractivity contribution in [3.63, 3.8) is 0 Å².